The van der Waals surface area contributed by atoms with Crippen LogP contribution in [-0.2, 0) is 4.79 Å². The van der Waals surface area contributed by atoms with Gasteiger partial charge in [-0.25, -0.2) is 0 Å². The molecule has 1 amide bonds. The van der Waals surface area contributed by atoms with Gasteiger partial charge in [-0.05, 0) is 24.3 Å². The van der Waals surface area contributed by atoms with Crippen LogP contribution in [0.4, 0.5) is 0 Å². The highest BCUT2D eigenvalue weighted by Crippen LogP contribution is 2.23. The van der Waals surface area contributed by atoms with E-state index in [1.54, 1.807) is 0 Å². The summed E-state index contributed by atoms with van der Waals surface area (Å²) in [6.07, 6.45) is 4.47. The average molecular weight is 266 g/mol. The summed E-state index contributed by atoms with van der Waals surface area (Å²) in [5.74, 6) is -0.279. The Morgan fingerprint density at radius 1 is 1.33 bits per heavy atom. The van der Waals surface area contributed by atoms with Crippen LogP contribution in [0.2, 0.25) is 0 Å². The van der Waals surface area contributed by atoms with Gasteiger partial charge in [-0.1, -0.05) is 18.9 Å². The molecule has 0 radical (unpaired) electrons. The first kappa shape index (κ1) is 13.2. The second kappa shape index (κ2) is 6.11. The first-order chi connectivity index (χ1) is 8.66. The van der Waals surface area contributed by atoms with Crippen LogP contribution in [0.15, 0.2) is 17.5 Å². The van der Waals surface area contributed by atoms with Gasteiger partial charge in [0.25, 0.3) is 0 Å². The van der Waals surface area contributed by atoms with Crippen LogP contribution in [0.3, 0.4) is 0 Å². The molecule has 1 fully saturated rings. The highest BCUT2D eigenvalue weighted by Gasteiger charge is 2.25. The van der Waals surface area contributed by atoms with Crippen molar-refractivity contribution in [3.63, 3.8) is 0 Å². The summed E-state index contributed by atoms with van der Waals surface area (Å²) in [7, 11) is 0. The Kier molecular flexibility index (Phi) is 4.49. The van der Waals surface area contributed by atoms with Crippen molar-refractivity contribution in [2.75, 3.05) is 13.1 Å². The van der Waals surface area contributed by atoms with Crippen molar-refractivity contribution >= 4 is 23.0 Å². The molecule has 1 aromatic heterocycles. The van der Waals surface area contributed by atoms with Crippen molar-refractivity contribution in [2.24, 2.45) is 5.73 Å². The van der Waals surface area contributed by atoms with Crippen molar-refractivity contribution < 1.29 is 9.59 Å². The van der Waals surface area contributed by atoms with Crippen molar-refractivity contribution in [2.45, 2.75) is 31.7 Å². The predicted molar refractivity (Wildman–Crippen MR) is 71.7 cm³/mol. The van der Waals surface area contributed by atoms with E-state index in [1.165, 1.54) is 24.2 Å². The summed E-state index contributed by atoms with van der Waals surface area (Å²) in [5.41, 5.74) is 5.27. The van der Waals surface area contributed by atoms with Crippen LogP contribution in [-0.4, -0.2) is 35.7 Å². The largest absolute Gasteiger partial charge is 0.369 e. The standard InChI is InChI=1S/C13H18N2O2S/c14-13(17)9-15(10-4-1-2-5-10)8-11(16)12-6-3-7-18-12/h3,6-7,10H,1-2,4-5,8-9H2,(H2,14,17). The van der Waals surface area contributed by atoms with E-state index in [-0.39, 0.29) is 18.2 Å². The van der Waals surface area contributed by atoms with Gasteiger partial charge in [0, 0.05) is 6.04 Å². The van der Waals surface area contributed by atoms with Gasteiger partial charge in [0.15, 0.2) is 5.78 Å². The van der Waals surface area contributed by atoms with E-state index in [1.807, 2.05) is 22.4 Å². The number of hydrogen-bond donors (Lipinski definition) is 1. The number of ketones is 1. The molecule has 2 N–H and O–H groups in total. The quantitative estimate of drug-likeness (QED) is 0.796. The first-order valence-corrected chi connectivity index (χ1v) is 7.14. The van der Waals surface area contributed by atoms with Gasteiger partial charge in [-0.3, -0.25) is 14.5 Å². The fraction of sp³-hybridized carbons (Fsp3) is 0.538. The minimum Gasteiger partial charge on any atom is -0.369 e. The molecular weight excluding hydrogens is 248 g/mol. The molecule has 0 unspecified atom stereocenters. The summed E-state index contributed by atoms with van der Waals surface area (Å²) < 4.78 is 0. The zero-order valence-corrected chi connectivity index (χ0v) is 11.1. The van der Waals surface area contributed by atoms with Gasteiger partial charge in [0.2, 0.25) is 5.91 Å². The minimum absolute atomic E-state index is 0.0816. The summed E-state index contributed by atoms with van der Waals surface area (Å²) in [6, 6.07) is 4.03. The third-order valence-corrected chi connectivity index (χ3v) is 4.25. The summed E-state index contributed by atoms with van der Waals surface area (Å²) in [5, 5.41) is 1.89. The maximum Gasteiger partial charge on any atom is 0.231 e. The topological polar surface area (TPSA) is 63.4 Å². The Labute approximate surface area is 111 Å². The zero-order chi connectivity index (χ0) is 13.0. The van der Waals surface area contributed by atoms with Crippen LogP contribution in [0, 0.1) is 0 Å². The molecule has 1 saturated carbocycles. The van der Waals surface area contributed by atoms with E-state index in [4.69, 9.17) is 5.73 Å². The Morgan fingerprint density at radius 3 is 2.61 bits per heavy atom. The summed E-state index contributed by atoms with van der Waals surface area (Å²) in [6.45, 7) is 0.482. The highest BCUT2D eigenvalue weighted by atomic mass is 32.1. The molecule has 0 spiro atoms. The molecule has 2 rings (SSSR count). The maximum absolute atomic E-state index is 12.1. The second-order valence-corrected chi connectivity index (χ2v) is 5.66. The normalized spacial score (nSPS) is 16.3. The van der Waals surface area contributed by atoms with Crippen LogP contribution >= 0.6 is 11.3 Å². The number of primary amides is 1. The number of rotatable bonds is 6. The minimum atomic E-state index is -0.360. The Hall–Kier alpha value is -1.20. The molecule has 1 aliphatic rings. The fourth-order valence-electron chi connectivity index (χ4n) is 2.48. The molecule has 18 heavy (non-hydrogen) atoms. The number of Topliss-reactive ketones (excluding diaryl/α,β-unsaturated/α-hetero) is 1. The van der Waals surface area contributed by atoms with Crippen LogP contribution < -0.4 is 5.73 Å². The molecule has 4 nitrogen and oxygen atoms in total. The molecule has 0 aromatic carbocycles. The van der Waals surface area contributed by atoms with Crippen LogP contribution in [0.1, 0.15) is 35.4 Å². The van der Waals surface area contributed by atoms with Gasteiger partial charge >= 0.3 is 0 Å². The monoisotopic (exact) mass is 266 g/mol. The third-order valence-electron chi connectivity index (χ3n) is 3.34. The third kappa shape index (κ3) is 3.40. The first-order valence-electron chi connectivity index (χ1n) is 6.26. The van der Waals surface area contributed by atoms with Gasteiger partial charge in [-0.15, -0.1) is 11.3 Å². The molecule has 1 aromatic rings. The van der Waals surface area contributed by atoms with Crippen molar-refractivity contribution in [3.8, 4) is 0 Å². The molecule has 1 aliphatic carbocycles. The highest BCUT2D eigenvalue weighted by molar-refractivity contribution is 7.12. The van der Waals surface area contributed by atoms with E-state index in [0.717, 1.165) is 17.7 Å². The van der Waals surface area contributed by atoms with Gasteiger partial charge < -0.3 is 5.73 Å². The molecule has 0 atom stereocenters. The molecule has 0 saturated heterocycles. The Balaban J connectivity index is 2.00. The van der Waals surface area contributed by atoms with Gasteiger partial charge in [-0.2, -0.15) is 0 Å². The van der Waals surface area contributed by atoms with E-state index >= 15 is 0 Å². The van der Waals surface area contributed by atoms with Crippen LogP contribution in [0.5, 0.6) is 0 Å². The second-order valence-electron chi connectivity index (χ2n) is 4.71. The number of carbonyl (C=O) groups excluding carboxylic acids is 2. The summed E-state index contributed by atoms with van der Waals surface area (Å²) in [4.78, 5) is 25.9. The lowest BCUT2D eigenvalue weighted by atomic mass is 10.2. The SMILES string of the molecule is NC(=O)CN(CC(=O)c1cccs1)C1CCCC1. The van der Waals surface area contributed by atoms with Crippen molar-refractivity contribution in [1.29, 1.82) is 0 Å². The number of amides is 1. The van der Waals surface area contributed by atoms with E-state index in [0.29, 0.717) is 12.6 Å². The molecule has 1 heterocycles. The number of thiophene rings is 1. The Morgan fingerprint density at radius 2 is 2.06 bits per heavy atom. The van der Waals surface area contributed by atoms with E-state index < -0.39 is 0 Å². The maximum atomic E-state index is 12.1. The molecule has 0 bridgehead atoms. The number of carbonyl (C=O) groups is 2. The van der Waals surface area contributed by atoms with E-state index in [9.17, 15) is 9.59 Å². The van der Waals surface area contributed by atoms with Crippen molar-refractivity contribution in [3.05, 3.63) is 22.4 Å². The van der Waals surface area contributed by atoms with Gasteiger partial charge in [0.1, 0.15) is 0 Å². The molecule has 0 aliphatic heterocycles. The van der Waals surface area contributed by atoms with Gasteiger partial charge in [0.05, 0.1) is 18.0 Å². The lowest BCUT2D eigenvalue weighted by Gasteiger charge is -2.26. The fourth-order valence-corrected chi connectivity index (χ4v) is 3.14. The Bertz CT molecular complexity index is 411. The lowest BCUT2D eigenvalue weighted by Crippen LogP contribution is -2.42. The molecule has 5 heteroatoms. The molecule has 98 valence electrons. The lowest BCUT2D eigenvalue weighted by molar-refractivity contribution is -0.119. The van der Waals surface area contributed by atoms with Crippen molar-refractivity contribution in [1.82, 2.24) is 4.90 Å². The predicted octanol–water partition coefficient (Wildman–Crippen LogP) is 1.66. The van der Waals surface area contributed by atoms with E-state index in [2.05, 4.69) is 0 Å². The number of hydrogen-bond acceptors (Lipinski definition) is 4. The smallest absolute Gasteiger partial charge is 0.231 e. The summed E-state index contributed by atoms with van der Waals surface area (Å²) >= 11 is 1.44. The number of nitrogens with zero attached hydrogens (tertiary/aromatic N) is 1. The van der Waals surface area contributed by atoms with Crippen LogP contribution in [0.25, 0.3) is 0 Å². The molecular formula is C13H18N2O2S. The average Bonchev–Trinajstić information content (AvgIpc) is 3.01. The number of nitrogens with two attached hydrogens (primary N) is 1. The zero-order valence-electron chi connectivity index (χ0n) is 10.3.